The van der Waals surface area contributed by atoms with E-state index in [2.05, 4.69) is 41.2 Å². The van der Waals surface area contributed by atoms with Crippen LogP contribution < -0.4 is 10.2 Å². The lowest BCUT2D eigenvalue weighted by Gasteiger charge is -2.34. The van der Waals surface area contributed by atoms with Gasteiger partial charge in [0.15, 0.2) is 0 Å². The SMILES string of the molecule is Cn1cc(-c2ccc(C(=O)N(c3nccc4cc(-c5nn[nH]n5)ccc34)C3CCCNC3)c(F)c2)nn1. The number of carbonyl (C=O) groups is 1. The number of nitrogens with one attached hydrogen (secondary N) is 2. The van der Waals surface area contributed by atoms with E-state index in [0.717, 1.165) is 35.7 Å². The number of carbonyl (C=O) groups excluding carboxylic acids is 1. The van der Waals surface area contributed by atoms with Crippen molar-refractivity contribution in [2.24, 2.45) is 7.05 Å². The molecule has 12 heteroatoms. The number of pyridine rings is 1. The molecule has 4 heterocycles. The van der Waals surface area contributed by atoms with Gasteiger partial charge < -0.3 is 5.32 Å². The lowest BCUT2D eigenvalue weighted by Crippen LogP contribution is -2.49. The Morgan fingerprint density at radius 2 is 2.03 bits per heavy atom. The molecule has 1 aliphatic heterocycles. The summed E-state index contributed by atoms with van der Waals surface area (Å²) in [6.07, 6.45) is 5.02. The van der Waals surface area contributed by atoms with Crippen LogP contribution in [-0.4, -0.2) is 65.6 Å². The topological polar surface area (TPSA) is 130 Å². The molecule has 1 atom stereocenters. The molecule has 1 saturated heterocycles. The molecule has 2 N–H and O–H groups in total. The summed E-state index contributed by atoms with van der Waals surface area (Å²) in [5.41, 5.74) is 1.83. The Balaban J connectivity index is 1.42. The summed E-state index contributed by atoms with van der Waals surface area (Å²) in [5, 5.41) is 27.1. The molecule has 11 nitrogen and oxygen atoms in total. The summed E-state index contributed by atoms with van der Waals surface area (Å²) in [6.45, 7) is 1.46. The summed E-state index contributed by atoms with van der Waals surface area (Å²) in [5.74, 6) is -0.121. The maximum absolute atomic E-state index is 15.4. The predicted molar refractivity (Wildman–Crippen MR) is 134 cm³/mol. The Morgan fingerprint density at radius 3 is 2.76 bits per heavy atom. The van der Waals surface area contributed by atoms with Gasteiger partial charge >= 0.3 is 0 Å². The van der Waals surface area contributed by atoms with Gasteiger partial charge in [0.05, 0.1) is 17.8 Å². The molecule has 1 fully saturated rings. The van der Waals surface area contributed by atoms with E-state index < -0.39 is 11.7 Å². The standard InChI is InChI=1S/C25H23FN10O/c1-35-14-22(29-34-35)16-4-7-20(21(26)12-16)25(37)36(18-3-2-9-27-13-18)24-19-6-5-17(23-30-32-33-31-23)11-15(19)8-10-28-24/h4-8,10-12,14,18,27H,2-3,9,13H2,1H3,(H,30,31,32,33). The predicted octanol–water partition coefficient (Wildman–Crippen LogP) is 2.75. The zero-order valence-corrected chi connectivity index (χ0v) is 20.0. The number of anilines is 1. The maximum Gasteiger partial charge on any atom is 0.262 e. The molecule has 1 unspecified atom stereocenters. The van der Waals surface area contributed by atoms with Crippen molar-refractivity contribution < 1.29 is 9.18 Å². The van der Waals surface area contributed by atoms with Gasteiger partial charge in [-0.2, -0.15) is 5.21 Å². The van der Waals surface area contributed by atoms with Crippen molar-refractivity contribution in [2.75, 3.05) is 18.0 Å². The van der Waals surface area contributed by atoms with Gasteiger partial charge in [-0.15, -0.1) is 15.3 Å². The van der Waals surface area contributed by atoms with Crippen molar-refractivity contribution in [3.05, 3.63) is 66.2 Å². The maximum atomic E-state index is 15.4. The van der Waals surface area contributed by atoms with E-state index in [1.807, 2.05) is 24.3 Å². The van der Waals surface area contributed by atoms with Crippen LogP contribution in [-0.2, 0) is 7.05 Å². The average Bonchev–Trinajstić information content (AvgIpc) is 3.61. The Bertz CT molecular complexity index is 1580. The number of H-pyrrole nitrogens is 1. The van der Waals surface area contributed by atoms with Gasteiger partial charge in [-0.3, -0.25) is 14.4 Å². The van der Waals surface area contributed by atoms with Crippen LogP contribution in [0.4, 0.5) is 10.2 Å². The lowest BCUT2D eigenvalue weighted by molar-refractivity contribution is 0.0968. The normalized spacial score (nSPS) is 15.7. The van der Waals surface area contributed by atoms with E-state index in [0.29, 0.717) is 29.4 Å². The van der Waals surface area contributed by atoms with Crippen molar-refractivity contribution in [3.63, 3.8) is 0 Å². The largest absolute Gasteiger partial charge is 0.315 e. The number of aryl methyl sites for hydroxylation is 1. The number of tetrazole rings is 1. The summed E-state index contributed by atoms with van der Waals surface area (Å²) < 4.78 is 16.9. The highest BCUT2D eigenvalue weighted by Gasteiger charge is 2.31. The third kappa shape index (κ3) is 4.31. The fraction of sp³-hybridized carbons (Fsp3) is 0.240. The fourth-order valence-corrected chi connectivity index (χ4v) is 4.72. The van der Waals surface area contributed by atoms with Crippen molar-refractivity contribution in [1.82, 2.24) is 45.9 Å². The van der Waals surface area contributed by atoms with E-state index in [-0.39, 0.29) is 11.6 Å². The van der Waals surface area contributed by atoms with Crippen LogP contribution in [0.5, 0.6) is 0 Å². The minimum Gasteiger partial charge on any atom is -0.315 e. The van der Waals surface area contributed by atoms with Crippen LogP contribution in [0.25, 0.3) is 33.4 Å². The second-order valence-electron chi connectivity index (χ2n) is 8.95. The molecule has 3 aromatic heterocycles. The number of aromatic amines is 1. The number of fused-ring (bicyclic) bond motifs is 1. The van der Waals surface area contributed by atoms with Gasteiger partial charge in [0, 0.05) is 36.3 Å². The van der Waals surface area contributed by atoms with Crippen LogP contribution in [0, 0.1) is 5.82 Å². The smallest absolute Gasteiger partial charge is 0.262 e. The van der Waals surface area contributed by atoms with Gasteiger partial charge in [-0.05, 0) is 60.3 Å². The molecule has 37 heavy (non-hydrogen) atoms. The Morgan fingerprint density at radius 1 is 1.14 bits per heavy atom. The molecular formula is C25H23FN10O. The average molecular weight is 499 g/mol. The van der Waals surface area contributed by atoms with Gasteiger partial charge in [0.25, 0.3) is 5.91 Å². The van der Waals surface area contributed by atoms with Crippen molar-refractivity contribution in [1.29, 1.82) is 0 Å². The Kier molecular flexibility index (Phi) is 5.85. The number of rotatable bonds is 5. The highest BCUT2D eigenvalue weighted by molar-refractivity contribution is 6.10. The van der Waals surface area contributed by atoms with Crippen molar-refractivity contribution >= 4 is 22.5 Å². The molecule has 0 saturated carbocycles. The van der Waals surface area contributed by atoms with E-state index in [4.69, 9.17) is 0 Å². The zero-order chi connectivity index (χ0) is 25.4. The van der Waals surface area contributed by atoms with E-state index in [9.17, 15) is 4.79 Å². The summed E-state index contributed by atoms with van der Waals surface area (Å²) in [6, 6.07) is 11.8. The van der Waals surface area contributed by atoms with Gasteiger partial charge in [-0.25, -0.2) is 9.37 Å². The number of aromatic nitrogens is 8. The number of hydrogen-bond acceptors (Lipinski definition) is 8. The number of nitrogens with zero attached hydrogens (tertiary/aromatic N) is 8. The molecule has 1 aliphatic rings. The molecule has 1 amide bonds. The third-order valence-corrected chi connectivity index (χ3v) is 6.53. The van der Waals surface area contributed by atoms with Crippen LogP contribution in [0.1, 0.15) is 23.2 Å². The van der Waals surface area contributed by atoms with Gasteiger partial charge in [0.2, 0.25) is 5.82 Å². The summed E-state index contributed by atoms with van der Waals surface area (Å²) in [7, 11) is 1.74. The monoisotopic (exact) mass is 498 g/mol. The van der Waals surface area contributed by atoms with Crippen LogP contribution in [0.3, 0.4) is 0 Å². The zero-order valence-electron chi connectivity index (χ0n) is 20.0. The molecule has 6 rings (SSSR count). The van der Waals surface area contributed by atoms with E-state index in [1.54, 1.807) is 35.1 Å². The van der Waals surface area contributed by atoms with Gasteiger partial charge in [0.1, 0.15) is 17.3 Å². The first-order valence-electron chi connectivity index (χ1n) is 11.9. The van der Waals surface area contributed by atoms with Crippen LogP contribution in [0.2, 0.25) is 0 Å². The Hall–Kier alpha value is -4.58. The highest BCUT2D eigenvalue weighted by Crippen LogP contribution is 2.32. The van der Waals surface area contributed by atoms with E-state index >= 15 is 4.39 Å². The first-order valence-corrected chi connectivity index (χ1v) is 11.9. The quantitative estimate of drug-likeness (QED) is 0.378. The lowest BCUT2D eigenvalue weighted by atomic mass is 10.0. The van der Waals surface area contributed by atoms with Crippen molar-refractivity contribution in [2.45, 2.75) is 18.9 Å². The molecule has 2 aromatic carbocycles. The van der Waals surface area contributed by atoms with E-state index in [1.165, 1.54) is 12.1 Å². The Labute approximate surface area is 210 Å². The van der Waals surface area contributed by atoms with Crippen LogP contribution in [0.15, 0.2) is 54.9 Å². The fourth-order valence-electron chi connectivity index (χ4n) is 4.72. The number of hydrogen-bond donors (Lipinski definition) is 2. The van der Waals surface area contributed by atoms with Crippen molar-refractivity contribution in [3.8, 4) is 22.6 Å². The molecule has 0 radical (unpaired) electrons. The molecule has 186 valence electrons. The summed E-state index contributed by atoms with van der Waals surface area (Å²) in [4.78, 5) is 20.2. The molecule has 0 spiro atoms. The van der Waals surface area contributed by atoms with Crippen LogP contribution >= 0.6 is 0 Å². The second-order valence-corrected chi connectivity index (χ2v) is 8.95. The number of piperidine rings is 1. The molecule has 0 bridgehead atoms. The number of amides is 1. The minimum absolute atomic E-state index is 0.0274. The first-order chi connectivity index (χ1) is 18.1. The first kappa shape index (κ1) is 22.9. The second kappa shape index (κ2) is 9.47. The third-order valence-electron chi connectivity index (χ3n) is 6.53. The molecule has 5 aromatic rings. The summed E-state index contributed by atoms with van der Waals surface area (Å²) >= 11 is 0. The molecule has 0 aliphatic carbocycles. The molecular weight excluding hydrogens is 475 g/mol. The number of halogens is 1. The highest BCUT2D eigenvalue weighted by atomic mass is 19.1. The minimum atomic E-state index is -0.624. The van der Waals surface area contributed by atoms with Gasteiger partial charge in [-0.1, -0.05) is 17.3 Å². The number of benzene rings is 2.